The molecule has 0 spiro atoms. The minimum Gasteiger partial charge on any atom is -0.352 e. The van der Waals surface area contributed by atoms with Crippen molar-refractivity contribution in [1.29, 1.82) is 0 Å². The van der Waals surface area contributed by atoms with Gasteiger partial charge >= 0.3 is 0 Å². The van der Waals surface area contributed by atoms with Gasteiger partial charge in [0.15, 0.2) is 6.23 Å². The summed E-state index contributed by atoms with van der Waals surface area (Å²) >= 11 is 0. The molecular formula is C21H22N2O. The van der Waals surface area contributed by atoms with Crippen LogP contribution >= 0.6 is 0 Å². The average molecular weight is 318 g/mol. The summed E-state index contributed by atoms with van der Waals surface area (Å²) in [4.78, 5) is 2.33. The topological polar surface area (TPSA) is 17.4 Å². The number of benzene rings is 2. The number of hydrogen-bond acceptors (Lipinski definition) is 2. The standard InChI is InChI=1S/C21H22N2O/c1-16-6-8-19(9-7-16)23-12-13-24-21(23)18-10-11-22(15-18)20-5-3-4-17(2)14-20/h3-11,14-15,21H,12-13H2,1-2H3. The first-order valence-corrected chi connectivity index (χ1v) is 8.40. The Hall–Kier alpha value is -2.52. The molecule has 0 aliphatic carbocycles. The molecule has 1 aliphatic rings. The normalized spacial score (nSPS) is 17.4. The van der Waals surface area contributed by atoms with Gasteiger partial charge in [0, 0.05) is 35.9 Å². The Morgan fingerprint density at radius 3 is 2.54 bits per heavy atom. The third-order valence-corrected chi connectivity index (χ3v) is 4.56. The number of ether oxygens (including phenoxy) is 1. The van der Waals surface area contributed by atoms with Crippen molar-refractivity contribution in [2.45, 2.75) is 20.1 Å². The zero-order valence-electron chi connectivity index (χ0n) is 14.1. The van der Waals surface area contributed by atoms with Crippen molar-refractivity contribution in [2.24, 2.45) is 0 Å². The lowest BCUT2D eigenvalue weighted by molar-refractivity contribution is 0.114. The highest BCUT2D eigenvalue weighted by molar-refractivity contribution is 5.50. The third kappa shape index (κ3) is 2.83. The predicted octanol–water partition coefficient (Wildman–Crippen LogP) is 4.63. The fourth-order valence-electron chi connectivity index (χ4n) is 3.26. The molecule has 1 fully saturated rings. The highest BCUT2D eigenvalue weighted by atomic mass is 16.5. The van der Waals surface area contributed by atoms with E-state index in [0.717, 1.165) is 13.2 Å². The molecule has 0 N–H and O–H groups in total. The van der Waals surface area contributed by atoms with Crippen molar-refractivity contribution >= 4 is 5.69 Å². The van der Waals surface area contributed by atoms with E-state index >= 15 is 0 Å². The van der Waals surface area contributed by atoms with Crippen LogP contribution in [-0.2, 0) is 4.74 Å². The molecule has 1 atom stereocenters. The Morgan fingerprint density at radius 1 is 0.917 bits per heavy atom. The van der Waals surface area contributed by atoms with Gasteiger partial charge < -0.3 is 14.2 Å². The first kappa shape index (κ1) is 15.0. The predicted molar refractivity (Wildman–Crippen MR) is 97.7 cm³/mol. The SMILES string of the molecule is Cc1ccc(N2CCOC2c2ccn(-c3cccc(C)c3)c2)cc1. The molecule has 3 nitrogen and oxygen atoms in total. The molecule has 2 heterocycles. The second-order valence-corrected chi connectivity index (χ2v) is 6.44. The minimum atomic E-state index is -0.0150. The summed E-state index contributed by atoms with van der Waals surface area (Å²) in [5.41, 5.74) is 6.13. The molecule has 2 aromatic carbocycles. The lowest BCUT2D eigenvalue weighted by Crippen LogP contribution is -2.22. The van der Waals surface area contributed by atoms with Gasteiger partial charge in [0.2, 0.25) is 0 Å². The molecule has 1 saturated heterocycles. The van der Waals surface area contributed by atoms with Crippen LogP contribution in [0.15, 0.2) is 67.0 Å². The van der Waals surface area contributed by atoms with E-state index in [1.165, 1.54) is 28.1 Å². The van der Waals surface area contributed by atoms with E-state index in [1.54, 1.807) is 0 Å². The third-order valence-electron chi connectivity index (χ3n) is 4.56. The molecule has 0 bridgehead atoms. The van der Waals surface area contributed by atoms with Crippen LogP contribution in [0.5, 0.6) is 0 Å². The number of hydrogen-bond donors (Lipinski definition) is 0. The highest BCUT2D eigenvalue weighted by Crippen LogP contribution is 2.32. The smallest absolute Gasteiger partial charge is 0.158 e. The minimum absolute atomic E-state index is 0.0150. The maximum Gasteiger partial charge on any atom is 0.158 e. The van der Waals surface area contributed by atoms with Crippen LogP contribution in [-0.4, -0.2) is 17.7 Å². The van der Waals surface area contributed by atoms with Crippen molar-refractivity contribution in [2.75, 3.05) is 18.1 Å². The van der Waals surface area contributed by atoms with Crippen LogP contribution in [0.3, 0.4) is 0 Å². The fraction of sp³-hybridized carbons (Fsp3) is 0.238. The van der Waals surface area contributed by atoms with Crippen molar-refractivity contribution in [1.82, 2.24) is 4.57 Å². The van der Waals surface area contributed by atoms with E-state index in [0.29, 0.717) is 0 Å². The number of aryl methyl sites for hydroxylation is 2. The van der Waals surface area contributed by atoms with Crippen LogP contribution < -0.4 is 4.90 Å². The van der Waals surface area contributed by atoms with Gasteiger partial charge in [-0.15, -0.1) is 0 Å². The summed E-state index contributed by atoms with van der Waals surface area (Å²) in [6, 6.07) is 19.3. The van der Waals surface area contributed by atoms with E-state index in [9.17, 15) is 0 Å². The summed E-state index contributed by atoms with van der Waals surface area (Å²) in [6.07, 6.45) is 4.27. The van der Waals surface area contributed by atoms with Gasteiger partial charge in [0.1, 0.15) is 0 Å². The first-order valence-electron chi connectivity index (χ1n) is 8.40. The molecule has 0 radical (unpaired) electrons. The van der Waals surface area contributed by atoms with Gasteiger partial charge in [-0.1, -0.05) is 29.8 Å². The van der Waals surface area contributed by atoms with Gasteiger partial charge in [-0.2, -0.15) is 0 Å². The molecule has 3 heteroatoms. The zero-order valence-corrected chi connectivity index (χ0v) is 14.1. The largest absolute Gasteiger partial charge is 0.352 e. The van der Waals surface area contributed by atoms with Crippen LogP contribution in [0, 0.1) is 13.8 Å². The van der Waals surface area contributed by atoms with E-state index in [-0.39, 0.29) is 6.23 Å². The Kier molecular flexibility index (Phi) is 3.87. The number of anilines is 1. The van der Waals surface area contributed by atoms with Gasteiger partial charge in [-0.3, -0.25) is 0 Å². The molecular weight excluding hydrogens is 296 g/mol. The van der Waals surface area contributed by atoms with E-state index in [1.807, 2.05) is 0 Å². The Morgan fingerprint density at radius 2 is 1.75 bits per heavy atom. The van der Waals surface area contributed by atoms with Crippen LogP contribution in [0.4, 0.5) is 5.69 Å². The summed E-state index contributed by atoms with van der Waals surface area (Å²) in [6.45, 7) is 5.91. The quantitative estimate of drug-likeness (QED) is 0.700. The van der Waals surface area contributed by atoms with Gasteiger partial charge in [-0.05, 0) is 49.7 Å². The van der Waals surface area contributed by atoms with Gasteiger partial charge in [-0.25, -0.2) is 0 Å². The monoisotopic (exact) mass is 318 g/mol. The first-order chi connectivity index (χ1) is 11.7. The Labute approximate surface area is 143 Å². The molecule has 1 aromatic heterocycles. The summed E-state index contributed by atoms with van der Waals surface area (Å²) in [7, 11) is 0. The lowest BCUT2D eigenvalue weighted by Gasteiger charge is -2.24. The van der Waals surface area contributed by atoms with Crippen LogP contribution in [0.25, 0.3) is 5.69 Å². The molecule has 4 rings (SSSR count). The van der Waals surface area contributed by atoms with Crippen molar-refractivity contribution in [3.8, 4) is 5.69 Å². The maximum atomic E-state index is 6.02. The zero-order chi connectivity index (χ0) is 16.5. The van der Waals surface area contributed by atoms with Crippen molar-refractivity contribution in [3.05, 3.63) is 83.7 Å². The molecule has 0 saturated carbocycles. The van der Waals surface area contributed by atoms with Gasteiger partial charge in [0.25, 0.3) is 0 Å². The van der Waals surface area contributed by atoms with E-state index in [2.05, 4.69) is 90.3 Å². The molecule has 3 aromatic rings. The molecule has 122 valence electrons. The summed E-state index contributed by atoms with van der Waals surface area (Å²) < 4.78 is 8.19. The summed E-state index contributed by atoms with van der Waals surface area (Å²) in [5.74, 6) is 0. The number of rotatable bonds is 3. The number of aromatic nitrogens is 1. The van der Waals surface area contributed by atoms with Crippen LogP contribution in [0.1, 0.15) is 22.9 Å². The Bertz CT molecular complexity index is 835. The van der Waals surface area contributed by atoms with Crippen molar-refractivity contribution in [3.63, 3.8) is 0 Å². The molecule has 1 unspecified atom stereocenters. The molecule has 24 heavy (non-hydrogen) atoms. The fourth-order valence-corrected chi connectivity index (χ4v) is 3.26. The maximum absolute atomic E-state index is 6.02. The lowest BCUT2D eigenvalue weighted by atomic mass is 10.2. The van der Waals surface area contributed by atoms with Gasteiger partial charge in [0.05, 0.1) is 6.61 Å². The Balaban J connectivity index is 1.62. The van der Waals surface area contributed by atoms with Crippen LogP contribution in [0.2, 0.25) is 0 Å². The molecule has 1 aliphatic heterocycles. The van der Waals surface area contributed by atoms with E-state index in [4.69, 9.17) is 4.74 Å². The van der Waals surface area contributed by atoms with E-state index < -0.39 is 0 Å². The number of nitrogens with zero attached hydrogens (tertiary/aromatic N) is 2. The second kappa shape index (κ2) is 6.17. The second-order valence-electron chi connectivity index (χ2n) is 6.44. The highest BCUT2D eigenvalue weighted by Gasteiger charge is 2.27. The molecule has 0 amide bonds. The average Bonchev–Trinajstić information content (AvgIpc) is 3.24. The van der Waals surface area contributed by atoms with Crippen molar-refractivity contribution < 1.29 is 4.74 Å². The summed E-state index contributed by atoms with van der Waals surface area (Å²) in [5, 5.41) is 0.